The summed E-state index contributed by atoms with van der Waals surface area (Å²) in [7, 11) is 1.20. The monoisotopic (exact) mass is 435 g/mol. The number of amides is 2. The molecule has 2 aromatic carbocycles. The second-order valence-electron chi connectivity index (χ2n) is 6.94. The number of ether oxygens (including phenoxy) is 1. The van der Waals surface area contributed by atoms with Crippen LogP contribution in [0, 0.1) is 24.2 Å². The Morgan fingerprint density at radius 3 is 2.45 bits per heavy atom. The van der Waals surface area contributed by atoms with Crippen molar-refractivity contribution < 1.29 is 19.1 Å². The third-order valence-electron chi connectivity index (χ3n) is 4.83. The van der Waals surface area contributed by atoms with Crippen LogP contribution in [0.25, 0.3) is 0 Å². The van der Waals surface area contributed by atoms with E-state index in [2.05, 4.69) is 16.7 Å². The van der Waals surface area contributed by atoms with Gasteiger partial charge in [0.1, 0.15) is 5.92 Å². The van der Waals surface area contributed by atoms with Gasteiger partial charge in [0.15, 0.2) is 0 Å². The molecule has 8 heteroatoms. The van der Waals surface area contributed by atoms with Gasteiger partial charge in [-0.3, -0.25) is 14.4 Å². The molecule has 0 radical (unpaired) electrons. The zero-order valence-electron chi connectivity index (χ0n) is 17.0. The largest absolute Gasteiger partial charge is 0.468 e. The van der Waals surface area contributed by atoms with Crippen LogP contribution in [0.15, 0.2) is 65.2 Å². The number of nitrogens with one attached hydrogen (secondary N) is 2. The minimum Gasteiger partial charge on any atom is -0.468 e. The number of allylic oxidation sites excluding steroid dienone is 1. The molecule has 0 aromatic heterocycles. The molecule has 0 bridgehead atoms. The van der Waals surface area contributed by atoms with Crippen LogP contribution < -0.4 is 10.6 Å². The second-order valence-corrected chi connectivity index (χ2v) is 7.92. The van der Waals surface area contributed by atoms with Gasteiger partial charge in [-0.25, -0.2) is 0 Å². The highest BCUT2D eigenvalue weighted by atomic mass is 32.2. The van der Waals surface area contributed by atoms with Gasteiger partial charge in [-0.1, -0.05) is 59.8 Å². The molecule has 0 aliphatic carbocycles. The average Bonchev–Trinajstić information content (AvgIpc) is 2.78. The highest BCUT2D eigenvalue weighted by Crippen LogP contribution is 2.40. The number of methoxy groups -OCH3 is 1. The molecular formula is C23H21N3O4S. The Bertz CT molecular complexity index is 1060. The quantitative estimate of drug-likeness (QED) is 0.533. The standard InChI is InChI=1S/C23H21N3O4S/c1-14-8-10-15(11-9-14)19-17(12-24)22(26-21(28)20(19)23(29)30-2)31-13-18(27)25-16-6-4-3-5-7-16/h3-11,19-20H,13H2,1-2H3,(H,25,27)(H,26,28)/t19-,20-/m1/s1. The Balaban J connectivity index is 1.89. The fraction of sp³-hybridized carbons (Fsp3) is 0.217. The van der Waals surface area contributed by atoms with Gasteiger partial charge in [-0.15, -0.1) is 0 Å². The molecule has 3 rings (SSSR count). The van der Waals surface area contributed by atoms with Crippen molar-refractivity contribution in [3.05, 3.63) is 76.3 Å². The van der Waals surface area contributed by atoms with Crippen molar-refractivity contribution in [1.29, 1.82) is 5.26 Å². The van der Waals surface area contributed by atoms with Gasteiger partial charge in [0.25, 0.3) is 0 Å². The van der Waals surface area contributed by atoms with E-state index < -0.39 is 23.7 Å². The van der Waals surface area contributed by atoms with Crippen LogP contribution in [0.1, 0.15) is 17.0 Å². The lowest BCUT2D eigenvalue weighted by molar-refractivity contribution is -0.150. The second kappa shape index (κ2) is 9.96. The van der Waals surface area contributed by atoms with Gasteiger partial charge < -0.3 is 15.4 Å². The van der Waals surface area contributed by atoms with E-state index in [0.717, 1.165) is 17.3 Å². The molecule has 158 valence electrons. The zero-order valence-corrected chi connectivity index (χ0v) is 17.9. The number of nitrogens with zero attached hydrogens (tertiary/aromatic N) is 1. The molecule has 1 aliphatic heterocycles. The summed E-state index contributed by atoms with van der Waals surface area (Å²) < 4.78 is 4.83. The highest BCUT2D eigenvalue weighted by molar-refractivity contribution is 8.03. The van der Waals surface area contributed by atoms with Crippen LogP contribution in [0.4, 0.5) is 5.69 Å². The van der Waals surface area contributed by atoms with E-state index in [9.17, 15) is 19.6 Å². The van der Waals surface area contributed by atoms with Crippen molar-refractivity contribution in [1.82, 2.24) is 5.32 Å². The molecule has 31 heavy (non-hydrogen) atoms. The number of benzene rings is 2. The molecule has 1 heterocycles. The third-order valence-corrected chi connectivity index (χ3v) is 5.84. The van der Waals surface area contributed by atoms with Crippen LogP contribution in [-0.4, -0.2) is 30.6 Å². The Morgan fingerprint density at radius 2 is 1.84 bits per heavy atom. The van der Waals surface area contributed by atoms with E-state index in [1.165, 1.54) is 7.11 Å². The maximum atomic E-state index is 12.8. The molecule has 0 unspecified atom stereocenters. The van der Waals surface area contributed by atoms with Crippen LogP contribution >= 0.6 is 11.8 Å². The Kier molecular flexibility index (Phi) is 7.11. The van der Waals surface area contributed by atoms with E-state index in [-0.39, 0.29) is 22.3 Å². The van der Waals surface area contributed by atoms with Gasteiger partial charge in [-0.2, -0.15) is 5.26 Å². The van der Waals surface area contributed by atoms with E-state index in [4.69, 9.17) is 4.74 Å². The van der Waals surface area contributed by atoms with Crippen molar-refractivity contribution in [3.8, 4) is 6.07 Å². The summed E-state index contributed by atoms with van der Waals surface area (Å²) >= 11 is 1.05. The summed E-state index contributed by atoms with van der Waals surface area (Å²) in [5.41, 5.74) is 2.53. The molecule has 0 saturated heterocycles. The number of carbonyl (C=O) groups excluding carboxylic acids is 3. The van der Waals surface area contributed by atoms with Crippen molar-refractivity contribution in [2.45, 2.75) is 12.8 Å². The Hall–Kier alpha value is -3.57. The number of esters is 1. The average molecular weight is 436 g/mol. The first-order valence-corrected chi connectivity index (χ1v) is 10.5. The number of hydrogen-bond acceptors (Lipinski definition) is 6. The van der Waals surface area contributed by atoms with E-state index in [0.29, 0.717) is 11.3 Å². The summed E-state index contributed by atoms with van der Waals surface area (Å²) in [6.45, 7) is 1.92. The highest BCUT2D eigenvalue weighted by Gasteiger charge is 2.44. The van der Waals surface area contributed by atoms with E-state index in [1.807, 2.05) is 25.1 Å². The third kappa shape index (κ3) is 5.13. The molecule has 2 amide bonds. The molecule has 2 N–H and O–H groups in total. The summed E-state index contributed by atoms with van der Waals surface area (Å²) in [6, 6.07) is 18.4. The molecular weight excluding hydrogens is 414 g/mol. The smallest absolute Gasteiger partial charge is 0.319 e. The molecule has 0 fully saturated rings. The van der Waals surface area contributed by atoms with E-state index in [1.54, 1.807) is 36.4 Å². The first-order chi connectivity index (χ1) is 14.9. The molecule has 0 saturated carbocycles. The normalized spacial score (nSPS) is 18.0. The summed E-state index contributed by atoms with van der Waals surface area (Å²) in [5.74, 6) is -3.57. The number of aryl methyl sites for hydroxylation is 1. The summed E-state index contributed by atoms with van der Waals surface area (Å²) in [5, 5.41) is 15.5. The molecule has 7 nitrogen and oxygen atoms in total. The topological polar surface area (TPSA) is 108 Å². The summed E-state index contributed by atoms with van der Waals surface area (Å²) in [6.07, 6.45) is 0. The van der Waals surface area contributed by atoms with Crippen LogP contribution in [0.3, 0.4) is 0 Å². The van der Waals surface area contributed by atoms with Gasteiger partial charge >= 0.3 is 5.97 Å². The SMILES string of the molecule is COC(=O)[C@H]1C(=O)NC(SCC(=O)Nc2ccccc2)=C(C#N)[C@H]1c1ccc(C)cc1. The number of anilines is 1. The number of hydrogen-bond donors (Lipinski definition) is 2. The van der Waals surface area contributed by atoms with Crippen LogP contribution in [0.2, 0.25) is 0 Å². The van der Waals surface area contributed by atoms with E-state index >= 15 is 0 Å². The first kappa shape index (κ1) is 22.1. The van der Waals surface area contributed by atoms with Gasteiger partial charge in [0.05, 0.1) is 29.5 Å². The van der Waals surface area contributed by atoms with Gasteiger partial charge in [-0.05, 0) is 24.6 Å². The zero-order chi connectivity index (χ0) is 22.4. The fourth-order valence-electron chi connectivity index (χ4n) is 3.31. The minimum absolute atomic E-state index is 0.0147. The predicted molar refractivity (Wildman–Crippen MR) is 118 cm³/mol. The van der Waals surface area contributed by atoms with Crippen molar-refractivity contribution in [2.75, 3.05) is 18.2 Å². The lowest BCUT2D eigenvalue weighted by Crippen LogP contribution is -2.44. The number of thioether (sulfide) groups is 1. The van der Waals surface area contributed by atoms with Crippen molar-refractivity contribution in [2.24, 2.45) is 5.92 Å². The molecule has 1 aliphatic rings. The van der Waals surface area contributed by atoms with Gasteiger partial charge in [0, 0.05) is 11.6 Å². The van der Waals surface area contributed by atoms with Crippen LogP contribution in [0.5, 0.6) is 0 Å². The van der Waals surface area contributed by atoms with Crippen molar-refractivity contribution >= 4 is 35.2 Å². The number of nitriles is 1. The summed E-state index contributed by atoms with van der Waals surface area (Å²) in [4.78, 5) is 37.5. The van der Waals surface area contributed by atoms with Gasteiger partial charge in [0.2, 0.25) is 11.8 Å². The number of para-hydroxylation sites is 1. The number of rotatable bonds is 6. The fourth-order valence-corrected chi connectivity index (χ4v) is 4.16. The van der Waals surface area contributed by atoms with Crippen molar-refractivity contribution in [3.63, 3.8) is 0 Å². The molecule has 2 aromatic rings. The Labute approximate surface area is 184 Å². The maximum Gasteiger partial charge on any atom is 0.319 e. The van der Waals surface area contributed by atoms with Crippen LogP contribution in [-0.2, 0) is 19.1 Å². The lowest BCUT2D eigenvalue weighted by Gasteiger charge is -2.31. The number of carbonyl (C=O) groups is 3. The predicted octanol–water partition coefficient (Wildman–Crippen LogP) is 3.10. The molecule has 0 spiro atoms. The minimum atomic E-state index is -1.19. The maximum absolute atomic E-state index is 12.8. The Morgan fingerprint density at radius 1 is 1.16 bits per heavy atom. The first-order valence-electron chi connectivity index (χ1n) is 9.51. The molecule has 2 atom stereocenters. The lowest BCUT2D eigenvalue weighted by atomic mass is 9.78.